The van der Waals surface area contributed by atoms with E-state index >= 15 is 0 Å². The summed E-state index contributed by atoms with van der Waals surface area (Å²) in [7, 11) is -1.62. The third-order valence-corrected chi connectivity index (χ3v) is 7.94. The minimum absolute atomic E-state index is 0.269. The molecule has 0 aliphatic rings. The minimum Gasteiger partial charge on any atom is -0.413 e. The number of hydrogen-bond donors (Lipinski definition) is 1. The van der Waals surface area contributed by atoms with Crippen molar-refractivity contribution in [2.75, 3.05) is 6.54 Å². The lowest BCUT2D eigenvalue weighted by atomic mass is 10.2. The van der Waals surface area contributed by atoms with Crippen molar-refractivity contribution in [1.29, 1.82) is 0 Å². The Labute approximate surface area is 96.7 Å². The lowest BCUT2D eigenvalue weighted by Gasteiger charge is -2.39. The quantitative estimate of drug-likeness (QED) is 0.710. The molecule has 92 valence electrons. The first-order chi connectivity index (χ1) is 6.74. The van der Waals surface area contributed by atoms with Crippen LogP contribution in [0.25, 0.3) is 0 Å². The first-order valence-corrected chi connectivity index (χ1v) is 9.03. The van der Waals surface area contributed by atoms with Gasteiger partial charge in [0.25, 0.3) is 0 Å². The smallest absolute Gasteiger partial charge is 0.192 e. The van der Waals surface area contributed by atoms with Gasteiger partial charge in [-0.3, -0.25) is 0 Å². The first kappa shape index (κ1) is 15.1. The molecule has 0 spiro atoms. The number of rotatable bonds is 6. The summed E-state index contributed by atoms with van der Waals surface area (Å²) in [6.07, 6.45) is 3.82. The fraction of sp³-hybridized carbons (Fsp3) is 1.00. The Hall–Kier alpha value is 0.137. The van der Waals surface area contributed by atoms with Crippen LogP contribution in [0.5, 0.6) is 0 Å². The molecule has 3 heteroatoms. The zero-order valence-corrected chi connectivity index (χ0v) is 12.4. The average molecular weight is 231 g/mol. The van der Waals surface area contributed by atoms with Crippen LogP contribution in [0.3, 0.4) is 0 Å². The monoisotopic (exact) mass is 231 g/mol. The molecule has 15 heavy (non-hydrogen) atoms. The van der Waals surface area contributed by atoms with Crippen LogP contribution in [0.15, 0.2) is 0 Å². The van der Waals surface area contributed by atoms with Gasteiger partial charge in [-0.05, 0) is 24.6 Å². The van der Waals surface area contributed by atoms with Crippen LogP contribution in [0, 0.1) is 0 Å². The lowest BCUT2D eigenvalue weighted by molar-refractivity contribution is 0.175. The van der Waals surface area contributed by atoms with Gasteiger partial charge < -0.3 is 10.2 Å². The van der Waals surface area contributed by atoms with Crippen LogP contribution in [0.4, 0.5) is 0 Å². The van der Waals surface area contributed by atoms with Gasteiger partial charge in [0.15, 0.2) is 8.32 Å². The molecular formula is C12H29NOSi. The maximum Gasteiger partial charge on any atom is 0.192 e. The van der Waals surface area contributed by atoms with Crippen LogP contribution in [0.1, 0.15) is 47.0 Å². The van der Waals surface area contributed by atoms with Crippen LogP contribution in [-0.4, -0.2) is 21.0 Å². The number of nitrogens with two attached hydrogens (primary N) is 1. The van der Waals surface area contributed by atoms with E-state index in [4.69, 9.17) is 10.2 Å². The van der Waals surface area contributed by atoms with Crippen LogP contribution >= 0.6 is 0 Å². The Balaban J connectivity index is 4.27. The van der Waals surface area contributed by atoms with Gasteiger partial charge in [0.1, 0.15) is 0 Å². The molecule has 0 amide bonds. The summed E-state index contributed by atoms with van der Waals surface area (Å²) in [5.41, 5.74) is 5.76. The van der Waals surface area contributed by atoms with Gasteiger partial charge in [0, 0.05) is 6.54 Å². The zero-order chi connectivity index (χ0) is 12.1. The van der Waals surface area contributed by atoms with Crippen LogP contribution < -0.4 is 5.73 Å². The van der Waals surface area contributed by atoms with E-state index in [0.717, 1.165) is 6.42 Å². The Morgan fingerprint density at radius 2 is 1.80 bits per heavy atom. The Morgan fingerprint density at radius 3 is 2.13 bits per heavy atom. The van der Waals surface area contributed by atoms with E-state index < -0.39 is 8.32 Å². The Bertz CT molecular complexity index is 175. The molecule has 2 N–H and O–H groups in total. The second-order valence-corrected chi connectivity index (χ2v) is 10.6. The summed E-state index contributed by atoms with van der Waals surface area (Å²) < 4.78 is 6.27. The molecule has 0 bridgehead atoms. The predicted molar refractivity (Wildman–Crippen MR) is 70.6 cm³/mol. The summed E-state index contributed by atoms with van der Waals surface area (Å²) in [4.78, 5) is 0. The van der Waals surface area contributed by atoms with Crippen LogP contribution in [0.2, 0.25) is 18.1 Å². The molecule has 0 radical (unpaired) electrons. The first-order valence-electron chi connectivity index (χ1n) is 6.12. The Kier molecular flexibility index (Phi) is 6.07. The van der Waals surface area contributed by atoms with E-state index in [0.29, 0.717) is 6.54 Å². The summed E-state index contributed by atoms with van der Waals surface area (Å²) in [5.74, 6) is 0. The SMILES string of the molecule is CCCCC(CN)O[Si](C)(C)C(C)(C)C. The molecule has 0 aromatic heterocycles. The topological polar surface area (TPSA) is 35.2 Å². The third-order valence-electron chi connectivity index (χ3n) is 3.41. The minimum atomic E-state index is -1.62. The molecule has 0 saturated carbocycles. The van der Waals surface area contributed by atoms with Crippen molar-refractivity contribution in [1.82, 2.24) is 0 Å². The molecular weight excluding hydrogens is 202 g/mol. The van der Waals surface area contributed by atoms with E-state index in [2.05, 4.69) is 40.8 Å². The van der Waals surface area contributed by atoms with E-state index in [-0.39, 0.29) is 11.1 Å². The summed E-state index contributed by atoms with van der Waals surface area (Å²) >= 11 is 0. The molecule has 0 aliphatic carbocycles. The molecule has 0 heterocycles. The van der Waals surface area contributed by atoms with E-state index in [9.17, 15) is 0 Å². The molecule has 2 nitrogen and oxygen atoms in total. The second-order valence-electron chi connectivity index (χ2n) is 5.88. The van der Waals surface area contributed by atoms with Crippen LogP contribution in [-0.2, 0) is 4.43 Å². The predicted octanol–water partition coefficient (Wildman–Crippen LogP) is 3.53. The van der Waals surface area contributed by atoms with Gasteiger partial charge in [-0.1, -0.05) is 40.5 Å². The summed E-state index contributed by atoms with van der Waals surface area (Å²) in [6, 6.07) is 0. The van der Waals surface area contributed by atoms with Gasteiger partial charge >= 0.3 is 0 Å². The average Bonchev–Trinajstić information content (AvgIpc) is 2.10. The fourth-order valence-electron chi connectivity index (χ4n) is 1.25. The molecule has 0 aromatic carbocycles. The molecule has 0 aromatic rings. The molecule has 0 fully saturated rings. The third kappa shape index (κ3) is 5.14. The van der Waals surface area contributed by atoms with E-state index in [1.165, 1.54) is 12.8 Å². The van der Waals surface area contributed by atoms with Crippen molar-refractivity contribution in [3.05, 3.63) is 0 Å². The highest BCUT2D eigenvalue weighted by molar-refractivity contribution is 6.74. The molecule has 0 rings (SSSR count). The Morgan fingerprint density at radius 1 is 1.27 bits per heavy atom. The van der Waals surface area contributed by atoms with Gasteiger partial charge in [-0.15, -0.1) is 0 Å². The van der Waals surface area contributed by atoms with Crippen molar-refractivity contribution in [3.8, 4) is 0 Å². The van der Waals surface area contributed by atoms with Crippen molar-refractivity contribution in [2.24, 2.45) is 5.73 Å². The standard InChI is InChI=1S/C12H29NOSi/c1-7-8-9-11(10-13)14-15(5,6)12(2,3)4/h11H,7-10,13H2,1-6H3. The highest BCUT2D eigenvalue weighted by Gasteiger charge is 2.38. The van der Waals surface area contributed by atoms with Gasteiger partial charge in [0.05, 0.1) is 6.10 Å². The molecule has 0 saturated heterocycles. The fourth-order valence-corrected chi connectivity index (χ4v) is 2.65. The van der Waals surface area contributed by atoms with Gasteiger partial charge in [0.2, 0.25) is 0 Å². The molecule has 1 unspecified atom stereocenters. The summed E-state index contributed by atoms with van der Waals surface area (Å²) in [5, 5.41) is 0.284. The molecule has 1 atom stereocenters. The van der Waals surface area contributed by atoms with Crippen molar-refractivity contribution in [3.63, 3.8) is 0 Å². The lowest BCUT2D eigenvalue weighted by Crippen LogP contribution is -2.45. The van der Waals surface area contributed by atoms with Gasteiger partial charge in [-0.2, -0.15) is 0 Å². The zero-order valence-electron chi connectivity index (χ0n) is 11.4. The largest absolute Gasteiger partial charge is 0.413 e. The highest BCUT2D eigenvalue weighted by atomic mass is 28.4. The molecule has 0 aliphatic heterocycles. The normalized spacial score (nSPS) is 15.4. The van der Waals surface area contributed by atoms with Crippen molar-refractivity contribution >= 4 is 8.32 Å². The second kappa shape index (κ2) is 6.02. The van der Waals surface area contributed by atoms with E-state index in [1.807, 2.05) is 0 Å². The van der Waals surface area contributed by atoms with Crippen molar-refractivity contribution in [2.45, 2.75) is 71.2 Å². The van der Waals surface area contributed by atoms with Crippen molar-refractivity contribution < 1.29 is 4.43 Å². The maximum atomic E-state index is 6.27. The van der Waals surface area contributed by atoms with E-state index in [1.54, 1.807) is 0 Å². The summed E-state index contributed by atoms with van der Waals surface area (Å²) in [6.45, 7) is 14.3. The highest BCUT2D eigenvalue weighted by Crippen LogP contribution is 2.37. The maximum absolute atomic E-state index is 6.27. The number of hydrogen-bond acceptors (Lipinski definition) is 2. The van der Waals surface area contributed by atoms with Gasteiger partial charge in [-0.25, -0.2) is 0 Å². The number of unbranched alkanes of at least 4 members (excludes halogenated alkanes) is 1.